The van der Waals surface area contributed by atoms with Crippen LogP contribution in [0.25, 0.3) is 0 Å². The van der Waals surface area contributed by atoms with Crippen LogP contribution >= 0.6 is 7.28 Å². The molecule has 26 heavy (non-hydrogen) atoms. The number of unbranched alkanes of at least 4 members (excludes halogenated alkanes) is 4. The number of hydrogen-bond acceptors (Lipinski definition) is 3. The van der Waals surface area contributed by atoms with Crippen molar-refractivity contribution in [2.75, 3.05) is 12.8 Å². The first-order chi connectivity index (χ1) is 12.2. The summed E-state index contributed by atoms with van der Waals surface area (Å²) in [7, 11) is -4.27. The van der Waals surface area contributed by atoms with Gasteiger partial charge in [-0.05, 0) is 0 Å². The Bertz CT molecular complexity index is 485. The molecule has 0 fully saturated rings. The SMILES string of the molecule is CC(C)CCCCCOP(O)(O)(CCCCCC(C)C)c1ccccc1. The molecule has 1 aromatic carbocycles. The van der Waals surface area contributed by atoms with Gasteiger partial charge >= 0.3 is 161 Å². The summed E-state index contributed by atoms with van der Waals surface area (Å²) in [6.07, 6.45) is 8.81. The summed E-state index contributed by atoms with van der Waals surface area (Å²) < 4.78 is 5.88. The minimum atomic E-state index is -4.27. The Hall–Kier alpha value is -0.470. The Balaban J connectivity index is 2.59. The summed E-state index contributed by atoms with van der Waals surface area (Å²) in [5.41, 5.74) is 0. The van der Waals surface area contributed by atoms with Crippen molar-refractivity contribution < 1.29 is 14.3 Å². The molecule has 0 unspecified atom stereocenters. The van der Waals surface area contributed by atoms with E-state index in [1.54, 1.807) is 12.1 Å². The fraction of sp³-hybridized carbons (Fsp3) is 0.727. The molecule has 0 aromatic heterocycles. The van der Waals surface area contributed by atoms with Gasteiger partial charge in [-0.3, -0.25) is 0 Å². The second-order valence-electron chi connectivity index (χ2n) is 8.49. The van der Waals surface area contributed by atoms with Crippen molar-refractivity contribution in [3.8, 4) is 0 Å². The van der Waals surface area contributed by atoms with Crippen LogP contribution in [0.3, 0.4) is 0 Å². The van der Waals surface area contributed by atoms with Crippen LogP contribution in [0, 0.1) is 11.8 Å². The molecule has 1 aromatic rings. The fourth-order valence-electron chi connectivity index (χ4n) is 3.21. The molecule has 2 N–H and O–H groups in total. The maximum atomic E-state index is 11.3. The molecule has 0 aliphatic heterocycles. The second kappa shape index (κ2) is 11.4. The van der Waals surface area contributed by atoms with E-state index in [4.69, 9.17) is 4.52 Å². The number of benzene rings is 1. The molecule has 4 heteroatoms. The summed E-state index contributed by atoms with van der Waals surface area (Å²) in [5, 5.41) is 0.560. The molecule has 0 saturated carbocycles. The minimum absolute atomic E-state index is 0.333. The number of rotatable bonds is 14. The van der Waals surface area contributed by atoms with Gasteiger partial charge in [-0.25, -0.2) is 0 Å². The summed E-state index contributed by atoms with van der Waals surface area (Å²) >= 11 is 0. The van der Waals surface area contributed by atoms with E-state index in [9.17, 15) is 9.79 Å². The Morgan fingerprint density at radius 1 is 0.769 bits per heavy atom. The summed E-state index contributed by atoms with van der Waals surface area (Å²) in [4.78, 5) is 22.5. The molecule has 0 bridgehead atoms. The molecule has 0 aliphatic carbocycles. The van der Waals surface area contributed by atoms with Gasteiger partial charge < -0.3 is 0 Å². The molecule has 0 saturated heterocycles. The summed E-state index contributed by atoms with van der Waals surface area (Å²) in [5.74, 6) is 1.42. The van der Waals surface area contributed by atoms with Crippen molar-refractivity contribution in [3.63, 3.8) is 0 Å². The van der Waals surface area contributed by atoms with Gasteiger partial charge in [-0.2, -0.15) is 0 Å². The van der Waals surface area contributed by atoms with Crippen molar-refractivity contribution in [1.82, 2.24) is 0 Å². The maximum absolute atomic E-state index is 11.3. The van der Waals surface area contributed by atoms with Gasteiger partial charge in [0, 0.05) is 0 Å². The number of hydrogen-bond donors (Lipinski definition) is 2. The van der Waals surface area contributed by atoms with Crippen molar-refractivity contribution >= 4 is 12.6 Å². The van der Waals surface area contributed by atoms with Gasteiger partial charge in [0.2, 0.25) is 0 Å². The normalized spacial score (nSPS) is 13.9. The predicted molar refractivity (Wildman–Crippen MR) is 115 cm³/mol. The van der Waals surface area contributed by atoms with E-state index in [1.807, 2.05) is 18.2 Å². The van der Waals surface area contributed by atoms with E-state index >= 15 is 0 Å². The van der Waals surface area contributed by atoms with E-state index in [-0.39, 0.29) is 0 Å². The Morgan fingerprint density at radius 2 is 1.31 bits per heavy atom. The first kappa shape index (κ1) is 23.6. The third kappa shape index (κ3) is 8.95. The van der Waals surface area contributed by atoms with Crippen LogP contribution in [-0.2, 0) is 4.52 Å². The summed E-state index contributed by atoms with van der Waals surface area (Å²) in [6, 6.07) is 9.20. The summed E-state index contributed by atoms with van der Waals surface area (Å²) in [6.45, 7) is 9.34. The average Bonchev–Trinajstić information content (AvgIpc) is 2.58. The molecular weight excluding hydrogens is 343 g/mol. The van der Waals surface area contributed by atoms with Crippen LogP contribution in [0.1, 0.15) is 79.1 Å². The van der Waals surface area contributed by atoms with Crippen molar-refractivity contribution in [1.29, 1.82) is 0 Å². The van der Waals surface area contributed by atoms with Crippen LogP contribution < -0.4 is 5.30 Å². The molecule has 0 spiro atoms. The third-order valence-corrected chi connectivity index (χ3v) is 8.09. The molecule has 152 valence electrons. The van der Waals surface area contributed by atoms with Gasteiger partial charge in [0.15, 0.2) is 0 Å². The molecule has 0 heterocycles. The van der Waals surface area contributed by atoms with E-state index in [1.165, 1.54) is 19.3 Å². The predicted octanol–water partition coefficient (Wildman–Crippen LogP) is 6.04. The van der Waals surface area contributed by atoms with Crippen LogP contribution in [0.15, 0.2) is 30.3 Å². The standard InChI is InChI=1S/C22H41O3P/c1-20(2)14-8-6-12-18-25-26(23,24,22-16-10-5-11-17-22)19-13-7-9-15-21(3)4/h5,10-11,16-17,20-21,23-24H,6-9,12-15,18-19H2,1-4H3. The zero-order valence-corrected chi connectivity index (χ0v) is 18.3. The topological polar surface area (TPSA) is 49.7 Å². The third-order valence-electron chi connectivity index (χ3n) is 4.91. The van der Waals surface area contributed by atoms with Crippen LogP contribution in [0.4, 0.5) is 0 Å². The first-order valence-electron chi connectivity index (χ1n) is 10.4. The molecule has 0 amide bonds. The van der Waals surface area contributed by atoms with E-state index in [2.05, 4.69) is 27.7 Å². The molecule has 1 rings (SSSR count). The van der Waals surface area contributed by atoms with E-state index in [0.717, 1.165) is 38.0 Å². The molecule has 0 aliphatic rings. The van der Waals surface area contributed by atoms with E-state index < -0.39 is 7.28 Å². The molecule has 0 radical (unpaired) electrons. The molecule has 3 nitrogen and oxygen atoms in total. The average molecular weight is 385 g/mol. The van der Waals surface area contributed by atoms with Crippen LogP contribution in [-0.4, -0.2) is 22.6 Å². The van der Waals surface area contributed by atoms with Crippen LogP contribution in [0.2, 0.25) is 0 Å². The Morgan fingerprint density at radius 3 is 1.85 bits per heavy atom. The zero-order chi connectivity index (χ0) is 19.5. The monoisotopic (exact) mass is 384 g/mol. The van der Waals surface area contributed by atoms with Crippen molar-refractivity contribution in [3.05, 3.63) is 30.3 Å². The van der Waals surface area contributed by atoms with Gasteiger partial charge in [0.25, 0.3) is 0 Å². The van der Waals surface area contributed by atoms with Gasteiger partial charge in [0.05, 0.1) is 0 Å². The van der Waals surface area contributed by atoms with E-state index in [0.29, 0.717) is 24.0 Å². The Kier molecular flexibility index (Phi) is 10.3. The first-order valence-corrected chi connectivity index (χ1v) is 12.7. The van der Waals surface area contributed by atoms with Crippen molar-refractivity contribution in [2.24, 2.45) is 11.8 Å². The molecular formula is C22H41O3P. The zero-order valence-electron chi connectivity index (χ0n) is 17.4. The van der Waals surface area contributed by atoms with Crippen LogP contribution in [0.5, 0.6) is 0 Å². The molecule has 0 atom stereocenters. The Labute approximate surface area is 161 Å². The fourth-order valence-corrected chi connectivity index (χ4v) is 5.82. The second-order valence-corrected chi connectivity index (χ2v) is 11.9. The quantitative estimate of drug-likeness (QED) is 0.303. The van der Waals surface area contributed by atoms with Crippen molar-refractivity contribution in [2.45, 2.75) is 79.1 Å². The van der Waals surface area contributed by atoms with Gasteiger partial charge in [-0.15, -0.1) is 0 Å². The van der Waals surface area contributed by atoms with Gasteiger partial charge in [0.1, 0.15) is 0 Å². The van der Waals surface area contributed by atoms with Gasteiger partial charge in [-0.1, -0.05) is 0 Å².